The second kappa shape index (κ2) is 4.49. The molecule has 1 heterocycles. The summed E-state index contributed by atoms with van der Waals surface area (Å²) in [5, 5.41) is 2.57. The van der Waals surface area contributed by atoms with Crippen LogP contribution in [0.2, 0.25) is 0 Å². The first-order chi connectivity index (χ1) is 6.67. The second-order valence-corrected chi connectivity index (χ2v) is 2.83. The molecule has 74 valence electrons. The predicted octanol–water partition coefficient (Wildman–Crippen LogP) is 0.490. The van der Waals surface area contributed by atoms with Crippen LogP contribution >= 0.6 is 0 Å². The Bertz CT molecular complexity index is 362. The van der Waals surface area contributed by atoms with E-state index in [1.165, 1.54) is 0 Å². The fraction of sp³-hybridized carbons (Fsp3) is 0.300. The molecule has 4 nitrogen and oxygen atoms in total. The lowest BCUT2D eigenvalue weighted by Crippen LogP contribution is -2.30. The Kier molecular flexibility index (Phi) is 3.32. The van der Waals surface area contributed by atoms with E-state index in [9.17, 15) is 4.79 Å². The summed E-state index contributed by atoms with van der Waals surface area (Å²) in [5.41, 5.74) is 5.33. The monoisotopic (exact) mass is 192 g/mol. The molecule has 0 radical (unpaired) electrons. The molecule has 0 aliphatic heterocycles. The Morgan fingerprint density at radius 1 is 1.79 bits per heavy atom. The van der Waals surface area contributed by atoms with Gasteiger partial charge in [0.2, 0.25) is 0 Å². The summed E-state index contributed by atoms with van der Waals surface area (Å²) < 4.78 is 5.13. The molecule has 0 fully saturated rings. The summed E-state index contributed by atoms with van der Waals surface area (Å²) in [6.07, 6.45) is 5.11. The Hall–Kier alpha value is -1.73. The van der Waals surface area contributed by atoms with Crippen LogP contribution in [0.15, 0.2) is 16.5 Å². The molecule has 0 saturated heterocycles. The summed E-state index contributed by atoms with van der Waals surface area (Å²) in [6, 6.07) is 2.92. The Morgan fingerprint density at radius 3 is 3.00 bits per heavy atom. The zero-order valence-corrected chi connectivity index (χ0v) is 7.91. The molecular formula is C10H12N2O2. The first kappa shape index (κ1) is 10.4. The van der Waals surface area contributed by atoms with Crippen molar-refractivity contribution in [2.75, 3.05) is 0 Å². The molecule has 14 heavy (non-hydrogen) atoms. The first-order valence-electron chi connectivity index (χ1n) is 4.23. The number of terminal acetylenes is 1. The van der Waals surface area contributed by atoms with Crippen molar-refractivity contribution in [1.82, 2.24) is 5.32 Å². The van der Waals surface area contributed by atoms with Gasteiger partial charge in [-0.2, -0.15) is 0 Å². The summed E-state index contributed by atoms with van der Waals surface area (Å²) >= 11 is 0. The fourth-order valence-electron chi connectivity index (χ4n) is 0.919. The number of hydrogen-bond donors (Lipinski definition) is 2. The molecule has 1 aromatic heterocycles. The van der Waals surface area contributed by atoms with Gasteiger partial charge in [0.1, 0.15) is 5.76 Å². The molecule has 0 aliphatic carbocycles. The molecule has 0 aromatic carbocycles. The fourth-order valence-corrected chi connectivity index (χ4v) is 0.919. The van der Waals surface area contributed by atoms with E-state index in [0.717, 1.165) is 0 Å². The van der Waals surface area contributed by atoms with Gasteiger partial charge in [-0.25, -0.2) is 0 Å². The van der Waals surface area contributed by atoms with Crippen LogP contribution in [-0.2, 0) is 6.54 Å². The highest BCUT2D eigenvalue weighted by Crippen LogP contribution is 2.06. The van der Waals surface area contributed by atoms with Crippen molar-refractivity contribution in [3.05, 3.63) is 23.7 Å². The van der Waals surface area contributed by atoms with Crippen LogP contribution in [0.4, 0.5) is 0 Å². The Balaban J connectivity index is 2.66. The van der Waals surface area contributed by atoms with Gasteiger partial charge in [-0.1, -0.05) is 5.92 Å². The smallest absolute Gasteiger partial charge is 0.287 e. The van der Waals surface area contributed by atoms with Crippen molar-refractivity contribution in [2.45, 2.75) is 19.5 Å². The average molecular weight is 192 g/mol. The lowest BCUT2D eigenvalue weighted by Gasteiger charge is -2.04. The molecular weight excluding hydrogens is 180 g/mol. The van der Waals surface area contributed by atoms with Crippen LogP contribution in [-0.4, -0.2) is 11.9 Å². The molecule has 0 aliphatic rings. The van der Waals surface area contributed by atoms with E-state index in [2.05, 4.69) is 11.2 Å². The normalized spacial score (nSPS) is 11.8. The topological polar surface area (TPSA) is 68.3 Å². The third kappa shape index (κ3) is 2.38. The van der Waals surface area contributed by atoms with Crippen LogP contribution < -0.4 is 11.1 Å². The molecule has 1 rings (SSSR count). The predicted molar refractivity (Wildman–Crippen MR) is 52.4 cm³/mol. The van der Waals surface area contributed by atoms with E-state index in [1.807, 2.05) is 0 Å². The molecule has 1 aromatic rings. The number of furan rings is 1. The molecule has 0 bridgehead atoms. The number of amides is 1. The molecule has 1 amide bonds. The van der Waals surface area contributed by atoms with Crippen molar-refractivity contribution < 1.29 is 9.21 Å². The van der Waals surface area contributed by atoms with Gasteiger partial charge in [-0.3, -0.25) is 4.79 Å². The van der Waals surface area contributed by atoms with Crippen molar-refractivity contribution in [2.24, 2.45) is 5.73 Å². The summed E-state index contributed by atoms with van der Waals surface area (Å²) in [5.74, 6) is 2.87. The van der Waals surface area contributed by atoms with Gasteiger partial charge in [-0.15, -0.1) is 6.42 Å². The van der Waals surface area contributed by atoms with Gasteiger partial charge in [0.05, 0.1) is 12.6 Å². The number of nitrogens with one attached hydrogen (secondary N) is 1. The van der Waals surface area contributed by atoms with Crippen LogP contribution in [0.3, 0.4) is 0 Å². The summed E-state index contributed by atoms with van der Waals surface area (Å²) in [4.78, 5) is 11.4. The molecule has 0 saturated carbocycles. The Labute approximate surface area is 82.5 Å². The zero-order valence-electron chi connectivity index (χ0n) is 7.91. The van der Waals surface area contributed by atoms with Gasteiger partial charge in [0, 0.05) is 0 Å². The minimum Gasteiger partial charge on any atom is -0.455 e. The van der Waals surface area contributed by atoms with Crippen molar-refractivity contribution in [3.63, 3.8) is 0 Å². The highest BCUT2D eigenvalue weighted by molar-refractivity contribution is 5.91. The van der Waals surface area contributed by atoms with Gasteiger partial charge >= 0.3 is 0 Å². The van der Waals surface area contributed by atoms with Crippen LogP contribution in [0.5, 0.6) is 0 Å². The highest BCUT2D eigenvalue weighted by atomic mass is 16.4. The van der Waals surface area contributed by atoms with E-state index >= 15 is 0 Å². The van der Waals surface area contributed by atoms with Crippen molar-refractivity contribution >= 4 is 5.91 Å². The Morgan fingerprint density at radius 2 is 2.50 bits per heavy atom. The highest BCUT2D eigenvalue weighted by Gasteiger charge is 2.11. The van der Waals surface area contributed by atoms with E-state index < -0.39 is 0 Å². The lowest BCUT2D eigenvalue weighted by molar-refractivity contribution is 0.0918. The molecule has 1 unspecified atom stereocenters. The molecule has 1 atom stereocenters. The van der Waals surface area contributed by atoms with E-state index in [0.29, 0.717) is 5.76 Å². The van der Waals surface area contributed by atoms with Crippen LogP contribution in [0.25, 0.3) is 0 Å². The molecule has 3 N–H and O–H groups in total. The lowest BCUT2D eigenvalue weighted by atomic mass is 10.3. The maximum Gasteiger partial charge on any atom is 0.287 e. The zero-order chi connectivity index (χ0) is 10.6. The maximum absolute atomic E-state index is 11.4. The van der Waals surface area contributed by atoms with Gasteiger partial charge in [0.15, 0.2) is 5.76 Å². The van der Waals surface area contributed by atoms with Crippen LogP contribution in [0.1, 0.15) is 23.2 Å². The van der Waals surface area contributed by atoms with Gasteiger partial charge in [-0.05, 0) is 19.1 Å². The number of hydrogen-bond acceptors (Lipinski definition) is 3. The average Bonchev–Trinajstić information content (AvgIpc) is 2.65. The largest absolute Gasteiger partial charge is 0.455 e. The molecule has 4 heteroatoms. The number of rotatable bonds is 3. The number of carbonyl (C=O) groups excluding carboxylic acids is 1. The van der Waals surface area contributed by atoms with E-state index in [4.69, 9.17) is 16.6 Å². The standard InChI is InChI=1S/C10H12N2O2/c1-3-7(2)12-10(13)9-5-4-8(6-11)14-9/h1,4-5,7H,6,11H2,2H3,(H,12,13). The maximum atomic E-state index is 11.4. The van der Waals surface area contributed by atoms with E-state index in [-0.39, 0.29) is 24.3 Å². The van der Waals surface area contributed by atoms with E-state index in [1.54, 1.807) is 19.1 Å². The summed E-state index contributed by atoms with van der Waals surface area (Å²) in [6.45, 7) is 1.99. The van der Waals surface area contributed by atoms with Gasteiger partial charge < -0.3 is 15.5 Å². The quantitative estimate of drug-likeness (QED) is 0.685. The third-order valence-electron chi connectivity index (χ3n) is 1.68. The summed E-state index contributed by atoms with van der Waals surface area (Å²) in [7, 11) is 0. The second-order valence-electron chi connectivity index (χ2n) is 2.83. The van der Waals surface area contributed by atoms with Crippen molar-refractivity contribution in [1.29, 1.82) is 0 Å². The number of nitrogens with two attached hydrogens (primary N) is 1. The van der Waals surface area contributed by atoms with Crippen molar-refractivity contribution in [3.8, 4) is 12.3 Å². The number of carbonyl (C=O) groups is 1. The van der Waals surface area contributed by atoms with Crippen LogP contribution in [0, 0.1) is 12.3 Å². The SMILES string of the molecule is C#CC(C)NC(=O)c1ccc(CN)o1. The minimum atomic E-state index is -0.324. The third-order valence-corrected chi connectivity index (χ3v) is 1.68. The minimum absolute atomic E-state index is 0.229. The molecule has 0 spiro atoms. The van der Waals surface area contributed by atoms with Gasteiger partial charge in [0.25, 0.3) is 5.91 Å². The first-order valence-corrected chi connectivity index (χ1v) is 4.23.